The van der Waals surface area contributed by atoms with Crippen LogP contribution in [0.3, 0.4) is 0 Å². The Bertz CT molecular complexity index is 1030. The Labute approximate surface area is 157 Å². The Morgan fingerprint density at radius 2 is 1.70 bits per heavy atom. The SMILES string of the molecule is CC(C)S(=O)(=O)c1ccc(Cc2nnc(NC(=O)c3ccccc3)o2)cc1. The first-order valence-electron chi connectivity index (χ1n) is 8.38. The van der Waals surface area contributed by atoms with Crippen LogP contribution in [0.2, 0.25) is 0 Å². The Kier molecular flexibility index (Phi) is 5.36. The number of aromatic nitrogens is 2. The molecular weight excluding hydrogens is 366 g/mol. The summed E-state index contributed by atoms with van der Waals surface area (Å²) in [5, 5.41) is 9.79. The predicted octanol–water partition coefficient (Wildman–Crippen LogP) is 3.09. The fraction of sp³-hybridized carbons (Fsp3) is 0.211. The molecule has 27 heavy (non-hydrogen) atoms. The smallest absolute Gasteiger partial charge is 0.322 e. The van der Waals surface area contributed by atoms with Gasteiger partial charge in [-0.3, -0.25) is 10.1 Å². The number of benzene rings is 2. The van der Waals surface area contributed by atoms with Crippen LogP contribution in [0.25, 0.3) is 0 Å². The lowest BCUT2D eigenvalue weighted by atomic mass is 10.1. The van der Waals surface area contributed by atoms with Crippen molar-refractivity contribution < 1.29 is 17.6 Å². The van der Waals surface area contributed by atoms with E-state index in [2.05, 4.69) is 15.5 Å². The molecule has 0 saturated heterocycles. The van der Waals surface area contributed by atoms with Crippen LogP contribution in [0.1, 0.15) is 35.7 Å². The van der Waals surface area contributed by atoms with Crippen molar-refractivity contribution in [2.24, 2.45) is 0 Å². The van der Waals surface area contributed by atoms with Crippen LogP contribution in [0.5, 0.6) is 0 Å². The van der Waals surface area contributed by atoms with Crippen molar-refractivity contribution in [1.82, 2.24) is 10.2 Å². The molecule has 1 aromatic heterocycles. The van der Waals surface area contributed by atoms with E-state index in [0.29, 0.717) is 17.9 Å². The normalized spacial score (nSPS) is 11.5. The summed E-state index contributed by atoms with van der Waals surface area (Å²) >= 11 is 0. The Morgan fingerprint density at radius 1 is 1.04 bits per heavy atom. The first kappa shape index (κ1) is 18.8. The second kappa shape index (κ2) is 7.71. The molecular formula is C19H19N3O4S. The minimum atomic E-state index is -3.30. The third-order valence-electron chi connectivity index (χ3n) is 3.95. The molecule has 0 aliphatic rings. The summed E-state index contributed by atoms with van der Waals surface area (Å²) in [6, 6.07) is 15.3. The molecule has 7 nitrogen and oxygen atoms in total. The number of amides is 1. The fourth-order valence-electron chi connectivity index (χ4n) is 2.38. The Balaban J connectivity index is 1.67. The molecule has 0 fully saturated rings. The Hall–Kier alpha value is -3.00. The van der Waals surface area contributed by atoms with Crippen molar-refractivity contribution in [2.45, 2.75) is 30.4 Å². The van der Waals surface area contributed by atoms with Gasteiger partial charge in [0.05, 0.1) is 16.6 Å². The van der Waals surface area contributed by atoms with E-state index in [1.54, 1.807) is 62.4 Å². The molecule has 0 saturated carbocycles. The summed E-state index contributed by atoms with van der Waals surface area (Å²) in [5.74, 6) is -0.0214. The van der Waals surface area contributed by atoms with Crippen LogP contribution in [0.15, 0.2) is 63.9 Å². The highest BCUT2D eigenvalue weighted by atomic mass is 32.2. The number of carbonyl (C=O) groups excluding carboxylic acids is 1. The zero-order chi connectivity index (χ0) is 19.4. The van der Waals surface area contributed by atoms with Gasteiger partial charge >= 0.3 is 6.01 Å². The van der Waals surface area contributed by atoms with E-state index >= 15 is 0 Å². The van der Waals surface area contributed by atoms with Crippen molar-refractivity contribution in [3.05, 3.63) is 71.6 Å². The molecule has 1 amide bonds. The number of hydrogen-bond donors (Lipinski definition) is 1. The van der Waals surface area contributed by atoms with Gasteiger partial charge < -0.3 is 4.42 Å². The lowest BCUT2D eigenvalue weighted by Gasteiger charge is -2.08. The summed E-state index contributed by atoms with van der Waals surface area (Å²) in [7, 11) is -3.30. The van der Waals surface area contributed by atoms with Crippen molar-refractivity contribution in [1.29, 1.82) is 0 Å². The van der Waals surface area contributed by atoms with Gasteiger partial charge in [-0.1, -0.05) is 35.4 Å². The van der Waals surface area contributed by atoms with Gasteiger partial charge in [0.2, 0.25) is 5.89 Å². The third-order valence-corrected chi connectivity index (χ3v) is 6.12. The van der Waals surface area contributed by atoms with E-state index in [0.717, 1.165) is 5.56 Å². The number of nitrogens with zero attached hydrogens (tertiary/aromatic N) is 2. The first-order valence-corrected chi connectivity index (χ1v) is 9.92. The highest BCUT2D eigenvalue weighted by Crippen LogP contribution is 2.18. The van der Waals surface area contributed by atoms with Crippen LogP contribution < -0.4 is 5.32 Å². The molecule has 140 valence electrons. The van der Waals surface area contributed by atoms with Gasteiger partial charge in [0.1, 0.15) is 0 Å². The third kappa shape index (κ3) is 4.40. The summed E-state index contributed by atoms with van der Waals surface area (Å²) in [6.45, 7) is 3.29. The van der Waals surface area contributed by atoms with Crippen LogP contribution in [-0.2, 0) is 16.3 Å². The van der Waals surface area contributed by atoms with Crippen LogP contribution in [0, 0.1) is 0 Å². The topological polar surface area (TPSA) is 102 Å². The molecule has 0 radical (unpaired) electrons. The van der Waals surface area contributed by atoms with E-state index < -0.39 is 15.1 Å². The van der Waals surface area contributed by atoms with Crippen molar-refractivity contribution >= 4 is 21.8 Å². The van der Waals surface area contributed by atoms with Gasteiger partial charge in [0, 0.05) is 5.56 Å². The summed E-state index contributed by atoms with van der Waals surface area (Å²) in [6.07, 6.45) is 0.330. The van der Waals surface area contributed by atoms with E-state index in [-0.39, 0.29) is 16.8 Å². The number of rotatable bonds is 6. The number of carbonyl (C=O) groups is 1. The van der Waals surface area contributed by atoms with E-state index in [9.17, 15) is 13.2 Å². The average molecular weight is 385 g/mol. The molecule has 0 spiro atoms. The fourth-order valence-corrected chi connectivity index (χ4v) is 3.44. The largest absolute Gasteiger partial charge is 0.407 e. The molecule has 8 heteroatoms. The van der Waals surface area contributed by atoms with Gasteiger partial charge in [-0.2, -0.15) is 0 Å². The van der Waals surface area contributed by atoms with Gasteiger partial charge in [0.25, 0.3) is 5.91 Å². The highest BCUT2D eigenvalue weighted by molar-refractivity contribution is 7.92. The number of anilines is 1. The maximum absolute atomic E-state index is 12.1. The molecule has 2 aromatic carbocycles. The van der Waals surface area contributed by atoms with Gasteiger partial charge in [-0.25, -0.2) is 8.42 Å². The summed E-state index contributed by atoms with van der Waals surface area (Å²) in [4.78, 5) is 12.4. The molecule has 0 atom stereocenters. The molecule has 1 heterocycles. The monoisotopic (exact) mass is 385 g/mol. The lowest BCUT2D eigenvalue weighted by Crippen LogP contribution is -2.13. The van der Waals surface area contributed by atoms with Crippen LogP contribution in [0.4, 0.5) is 6.01 Å². The minimum Gasteiger partial charge on any atom is -0.407 e. The zero-order valence-corrected chi connectivity index (χ0v) is 15.7. The maximum Gasteiger partial charge on any atom is 0.322 e. The van der Waals surface area contributed by atoms with Crippen LogP contribution in [-0.4, -0.2) is 29.8 Å². The summed E-state index contributed by atoms with van der Waals surface area (Å²) < 4.78 is 29.7. The predicted molar refractivity (Wildman–Crippen MR) is 100 cm³/mol. The highest BCUT2D eigenvalue weighted by Gasteiger charge is 2.19. The van der Waals surface area contributed by atoms with Crippen molar-refractivity contribution in [3.8, 4) is 0 Å². The van der Waals surface area contributed by atoms with Gasteiger partial charge in [0.15, 0.2) is 9.84 Å². The number of sulfone groups is 1. The molecule has 1 N–H and O–H groups in total. The second-order valence-electron chi connectivity index (χ2n) is 6.24. The first-order chi connectivity index (χ1) is 12.9. The van der Waals surface area contributed by atoms with E-state index in [1.807, 2.05) is 6.07 Å². The molecule has 0 aliphatic carbocycles. The quantitative estimate of drug-likeness (QED) is 0.699. The molecule has 3 aromatic rings. The lowest BCUT2D eigenvalue weighted by molar-refractivity contribution is 0.102. The Morgan fingerprint density at radius 3 is 2.33 bits per heavy atom. The zero-order valence-electron chi connectivity index (χ0n) is 14.9. The second-order valence-corrected chi connectivity index (χ2v) is 8.74. The molecule has 3 rings (SSSR count). The van der Waals surface area contributed by atoms with E-state index in [4.69, 9.17) is 4.42 Å². The van der Waals surface area contributed by atoms with Gasteiger partial charge in [-0.05, 0) is 43.7 Å². The summed E-state index contributed by atoms with van der Waals surface area (Å²) in [5.41, 5.74) is 1.31. The van der Waals surface area contributed by atoms with Crippen molar-refractivity contribution in [2.75, 3.05) is 5.32 Å². The van der Waals surface area contributed by atoms with Crippen LogP contribution >= 0.6 is 0 Å². The molecule has 0 aliphatic heterocycles. The number of hydrogen-bond acceptors (Lipinski definition) is 6. The van der Waals surface area contributed by atoms with Gasteiger partial charge in [-0.15, -0.1) is 5.10 Å². The maximum atomic E-state index is 12.1. The minimum absolute atomic E-state index is 0.0119. The number of nitrogens with one attached hydrogen (secondary N) is 1. The van der Waals surface area contributed by atoms with E-state index in [1.165, 1.54) is 0 Å². The van der Waals surface area contributed by atoms with Crippen molar-refractivity contribution in [3.63, 3.8) is 0 Å². The molecule has 0 bridgehead atoms. The molecule has 0 unspecified atom stereocenters. The average Bonchev–Trinajstić information content (AvgIpc) is 3.09. The standard InChI is InChI=1S/C19H19N3O4S/c1-13(2)27(24,25)16-10-8-14(9-11-16)12-17-21-22-19(26-17)20-18(23)15-6-4-3-5-7-15/h3-11,13H,12H2,1-2H3,(H,20,22,23).